The van der Waals surface area contributed by atoms with Crippen LogP contribution in [0.2, 0.25) is 0 Å². The molecule has 0 aromatic heterocycles. The van der Waals surface area contributed by atoms with Crippen molar-refractivity contribution in [2.24, 2.45) is 0 Å². The lowest BCUT2D eigenvalue weighted by molar-refractivity contribution is -0.137. The maximum atomic E-state index is 10.9. The fourth-order valence-electron chi connectivity index (χ4n) is 2.02. The summed E-state index contributed by atoms with van der Waals surface area (Å²) in [4.78, 5) is 10.9. The van der Waals surface area contributed by atoms with E-state index in [-0.39, 0.29) is 5.97 Å². The maximum Gasteiger partial charge on any atom is 0.330 e. The van der Waals surface area contributed by atoms with Gasteiger partial charge in [-0.05, 0) is 36.1 Å². The Balaban J connectivity index is 1.77. The third kappa shape index (κ3) is 5.09. The van der Waals surface area contributed by atoms with Crippen molar-refractivity contribution in [2.45, 2.75) is 12.8 Å². The monoisotopic (exact) mass is 296 g/mol. The molecule has 2 aromatic rings. The molecule has 3 heteroatoms. The Kier molecular flexibility index (Phi) is 6.24. The second kappa shape index (κ2) is 8.67. The number of carbonyl (C=O) groups excluding carboxylic acids is 1. The summed E-state index contributed by atoms with van der Waals surface area (Å²) in [5.74, 6) is 0.473. The molecule has 114 valence electrons. The second-order valence-corrected chi connectivity index (χ2v) is 4.82. The molecule has 0 unspecified atom stereocenters. The minimum absolute atomic E-state index is 0.378. The molecule has 0 saturated carbocycles. The SMILES string of the molecule is C=CC(=O)OCCCCOc1cccc(-c2ccccc2)c1. The van der Waals surface area contributed by atoms with Gasteiger partial charge in [-0.2, -0.15) is 0 Å². The fourth-order valence-corrected chi connectivity index (χ4v) is 2.02. The van der Waals surface area contributed by atoms with Crippen LogP contribution in [0.1, 0.15) is 12.8 Å². The molecule has 0 aliphatic carbocycles. The van der Waals surface area contributed by atoms with E-state index in [1.54, 1.807) is 0 Å². The summed E-state index contributed by atoms with van der Waals surface area (Å²) in [6.07, 6.45) is 2.78. The van der Waals surface area contributed by atoms with Gasteiger partial charge in [0.05, 0.1) is 13.2 Å². The molecule has 0 aliphatic rings. The number of esters is 1. The highest BCUT2D eigenvalue weighted by Crippen LogP contribution is 2.23. The van der Waals surface area contributed by atoms with Gasteiger partial charge in [0.1, 0.15) is 5.75 Å². The van der Waals surface area contributed by atoms with Crippen LogP contribution in [0, 0.1) is 0 Å². The van der Waals surface area contributed by atoms with Gasteiger partial charge in [0, 0.05) is 6.08 Å². The molecule has 0 amide bonds. The number of rotatable bonds is 8. The molecule has 0 bridgehead atoms. The molecule has 22 heavy (non-hydrogen) atoms. The fraction of sp³-hybridized carbons (Fsp3) is 0.211. The summed E-state index contributed by atoms with van der Waals surface area (Å²) in [6.45, 7) is 4.35. The van der Waals surface area contributed by atoms with E-state index in [1.807, 2.05) is 36.4 Å². The lowest BCUT2D eigenvalue weighted by Crippen LogP contribution is -2.04. The lowest BCUT2D eigenvalue weighted by Gasteiger charge is -2.08. The van der Waals surface area contributed by atoms with Gasteiger partial charge in [-0.15, -0.1) is 0 Å². The first-order chi connectivity index (χ1) is 10.8. The molecule has 0 atom stereocenters. The van der Waals surface area contributed by atoms with Crippen LogP contribution in [0.4, 0.5) is 0 Å². The van der Waals surface area contributed by atoms with Crippen LogP contribution < -0.4 is 4.74 Å². The van der Waals surface area contributed by atoms with Crippen LogP contribution in [-0.4, -0.2) is 19.2 Å². The average molecular weight is 296 g/mol. The third-order valence-electron chi connectivity index (χ3n) is 3.16. The van der Waals surface area contributed by atoms with E-state index < -0.39 is 0 Å². The minimum atomic E-state index is -0.378. The van der Waals surface area contributed by atoms with Crippen LogP contribution in [0.15, 0.2) is 67.3 Å². The Labute approximate surface area is 131 Å². The van der Waals surface area contributed by atoms with E-state index in [1.165, 1.54) is 11.6 Å². The van der Waals surface area contributed by atoms with Gasteiger partial charge in [-0.3, -0.25) is 0 Å². The second-order valence-electron chi connectivity index (χ2n) is 4.82. The molecule has 0 spiro atoms. The molecule has 2 aromatic carbocycles. The highest BCUT2D eigenvalue weighted by atomic mass is 16.5. The molecule has 0 radical (unpaired) electrons. The molecule has 0 aliphatic heterocycles. The Morgan fingerprint density at radius 1 is 0.955 bits per heavy atom. The van der Waals surface area contributed by atoms with Crippen molar-refractivity contribution in [1.29, 1.82) is 0 Å². The van der Waals surface area contributed by atoms with Crippen LogP contribution in [-0.2, 0) is 9.53 Å². The third-order valence-corrected chi connectivity index (χ3v) is 3.16. The predicted octanol–water partition coefficient (Wildman–Crippen LogP) is 4.24. The van der Waals surface area contributed by atoms with Gasteiger partial charge in [-0.25, -0.2) is 4.79 Å². The highest BCUT2D eigenvalue weighted by molar-refractivity contribution is 5.81. The number of hydrogen-bond acceptors (Lipinski definition) is 3. The zero-order valence-corrected chi connectivity index (χ0v) is 12.5. The van der Waals surface area contributed by atoms with Crippen LogP contribution in [0.5, 0.6) is 5.75 Å². The van der Waals surface area contributed by atoms with E-state index in [9.17, 15) is 4.79 Å². The Bertz CT molecular complexity index is 605. The Hall–Kier alpha value is -2.55. The van der Waals surface area contributed by atoms with Gasteiger partial charge in [0.15, 0.2) is 0 Å². The first kappa shape index (κ1) is 15.8. The van der Waals surface area contributed by atoms with Gasteiger partial charge in [-0.1, -0.05) is 49.0 Å². The average Bonchev–Trinajstić information content (AvgIpc) is 2.58. The van der Waals surface area contributed by atoms with E-state index in [0.717, 1.165) is 24.2 Å². The standard InChI is InChI=1S/C19H20O3/c1-2-19(20)22-14-7-6-13-21-18-12-8-11-17(15-18)16-9-4-3-5-10-16/h2-5,8-12,15H,1,6-7,13-14H2. The molecule has 0 heterocycles. The Morgan fingerprint density at radius 2 is 1.68 bits per heavy atom. The van der Waals surface area contributed by atoms with Crippen molar-refractivity contribution in [3.05, 3.63) is 67.3 Å². The summed E-state index contributed by atoms with van der Waals surface area (Å²) in [6, 6.07) is 18.2. The first-order valence-corrected chi connectivity index (χ1v) is 7.37. The zero-order chi connectivity index (χ0) is 15.6. The maximum absolute atomic E-state index is 10.9. The molecule has 2 rings (SSSR count). The summed E-state index contributed by atoms with van der Waals surface area (Å²) < 4.78 is 10.6. The van der Waals surface area contributed by atoms with Gasteiger partial charge in [0.2, 0.25) is 0 Å². The zero-order valence-electron chi connectivity index (χ0n) is 12.5. The van der Waals surface area contributed by atoms with Crippen LogP contribution >= 0.6 is 0 Å². The van der Waals surface area contributed by atoms with E-state index in [4.69, 9.17) is 9.47 Å². The van der Waals surface area contributed by atoms with Crippen molar-refractivity contribution >= 4 is 5.97 Å². The summed E-state index contributed by atoms with van der Waals surface area (Å²) >= 11 is 0. The quantitative estimate of drug-likeness (QED) is 0.415. The number of unbranched alkanes of at least 4 members (excludes halogenated alkanes) is 1. The molecular formula is C19H20O3. The van der Waals surface area contributed by atoms with Gasteiger partial charge >= 0.3 is 5.97 Å². The number of hydrogen-bond donors (Lipinski definition) is 0. The number of carbonyl (C=O) groups is 1. The normalized spacial score (nSPS) is 10.0. The topological polar surface area (TPSA) is 35.5 Å². The first-order valence-electron chi connectivity index (χ1n) is 7.37. The lowest BCUT2D eigenvalue weighted by atomic mass is 10.1. The highest BCUT2D eigenvalue weighted by Gasteiger charge is 2.00. The summed E-state index contributed by atoms with van der Waals surface area (Å²) in [7, 11) is 0. The molecule has 0 fully saturated rings. The molecular weight excluding hydrogens is 276 g/mol. The smallest absolute Gasteiger partial charge is 0.330 e. The van der Waals surface area contributed by atoms with Crippen molar-refractivity contribution in [3.8, 4) is 16.9 Å². The van der Waals surface area contributed by atoms with Crippen molar-refractivity contribution in [2.75, 3.05) is 13.2 Å². The molecule has 0 saturated heterocycles. The number of ether oxygens (including phenoxy) is 2. The van der Waals surface area contributed by atoms with Crippen molar-refractivity contribution in [3.63, 3.8) is 0 Å². The molecule has 0 N–H and O–H groups in total. The minimum Gasteiger partial charge on any atom is -0.494 e. The summed E-state index contributed by atoms with van der Waals surface area (Å²) in [5.41, 5.74) is 2.31. The molecule has 3 nitrogen and oxygen atoms in total. The van der Waals surface area contributed by atoms with E-state index >= 15 is 0 Å². The van der Waals surface area contributed by atoms with Gasteiger partial charge < -0.3 is 9.47 Å². The van der Waals surface area contributed by atoms with E-state index in [2.05, 4.69) is 24.8 Å². The predicted molar refractivity (Wildman–Crippen MR) is 87.8 cm³/mol. The van der Waals surface area contributed by atoms with Gasteiger partial charge in [0.25, 0.3) is 0 Å². The van der Waals surface area contributed by atoms with E-state index in [0.29, 0.717) is 13.2 Å². The van der Waals surface area contributed by atoms with Crippen LogP contribution in [0.25, 0.3) is 11.1 Å². The van der Waals surface area contributed by atoms with Crippen LogP contribution in [0.3, 0.4) is 0 Å². The number of benzene rings is 2. The summed E-state index contributed by atoms with van der Waals surface area (Å²) in [5, 5.41) is 0. The largest absolute Gasteiger partial charge is 0.494 e. The van der Waals surface area contributed by atoms with Crippen molar-refractivity contribution in [1.82, 2.24) is 0 Å². The van der Waals surface area contributed by atoms with Crippen molar-refractivity contribution < 1.29 is 14.3 Å². The Morgan fingerprint density at radius 3 is 2.45 bits per heavy atom.